The van der Waals surface area contributed by atoms with E-state index in [2.05, 4.69) is 19.9 Å². The molecule has 0 aliphatic carbocycles. The summed E-state index contributed by atoms with van der Waals surface area (Å²) in [5.74, 6) is 0.516. The minimum absolute atomic E-state index is 0.516. The number of benzene rings is 1. The number of phenolic OH excluding ortho intramolecular Hbond substituents is 1. The fourth-order valence-electron chi connectivity index (χ4n) is 3.32. The smallest absolute Gasteiger partial charge is 0.119 e. The van der Waals surface area contributed by atoms with Gasteiger partial charge in [0.1, 0.15) is 5.75 Å². The average molecular weight is 319 g/mol. The second-order valence-corrected chi connectivity index (χ2v) is 6.95. The van der Waals surface area contributed by atoms with E-state index >= 15 is 0 Å². The van der Waals surface area contributed by atoms with Gasteiger partial charge in [-0.3, -0.25) is 0 Å². The van der Waals surface area contributed by atoms with Crippen molar-refractivity contribution in [2.75, 3.05) is 0 Å². The summed E-state index contributed by atoms with van der Waals surface area (Å²) in [6.07, 6.45) is 18.1. The predicted octanol–water partition coefficient (Wildman–Crippen LogP) is 7.20. The minimum Gasteiger partial charge on any atom is -0.508 e. The molecule has 0 aliphatic heterocycles. The summed E-state index contributed by atoms with van der Waals surface area (Å²) in [7, 11) is 0. The molecule has 0 heterocycles. The highest BCUT2D eigenvalue weighted by molar-refractivity contribution is 5.39. The van der Waals surface area contributed by atoms with Gasteiger partial charge in [-0.05, 0) is 42.9 Å². The summed E-state index contributed by atoms with van der Waals surface area (Å²) in [6.45, 7) is 4.53. The van der Waals surface area contributed by atoms with Gasteiger partial charge in [-0.1, -0.05) is 90.2 Å². The largest absolute Gasteiger partial charge is 0.508 e. The normalized spacial score (nSPS) is 11.0. The third kappa shape index (κ3) is 9.03. The van der Waals surface area contributed by atoms with Crippen LogP contribution in [0.4, 0.5) is 0 Å². The molecular weight excluding hydrogens is 280 g/mol. The standard InChI is InChI=1S/C22H38O/c1-3-5-7-9-11-13-16-20-17-15-19-22(23)21(20)18-14-12-10-8-6-4-2/h15,17,19,23H,3-14,16,18H2,1-2H3. The molecule has 1 aromatic rings. The topological polar surface area (TPSA) is 20.2 Å². The fourth-order valence-corrected chi connectivity index (χ4v) is 3.32. The molecule has 23 heavy (non-hydrogen) atoms. The molecule has 0 bridgehead atoms. The van der Waals surface area contributed by atoms with Gasteiger partial charge in [0.2, 0.25) is 0 Å². The van der Waals surface area contributed by atoms with Gasteiger partial charge in [0.25, 0.3) is 0 Å². The zero-order valence-electron chi connectivity index (χ0n) is 15.6. The molecule has 1 nitrogen and oxygen atoms in total. The third-order valence-corrected chi connectivity index (χ3v) is 4.83. The maximum Gasteiger partial charge on any atom is 0.119 e. The van der Waals surface area contributed by atoms with Crippen LogP contribution in [0.15, 0.2) is 18.2 Å². The van der Waals surface area contributed by atoms with Gasteiger partial charge in [-0.25, -0.2) is 0 Å². The second-order valence-electron chi connectivity index (χ2n) is 6.95. The number of phenols is 1. The molecule has 0 atom stereocenters. The van der Waals surface area contributed by atoms with Crippen LogP contribution in [0.3, 0.4) is 0 Å². The van der Waals surface area contributed by atoms with Crippen molar-refractivity contribution in [2.45, 2.75) is 104 Å². The van der Waals surface area contributed by atoms with Crippen LogP contribution in [0, 0.1) is 0 Å². The van der Waals surface area contributed by atoms with Gasteiger partial charge in [0.05, 0.1) is 0 Å². The van der Waals surface area contributed by atoms with Crippen LogP contribution in [-0.4, -0.2) is 5.11 Å². The second kappa shape index (κ2) is 13.5. The molecular formula is C22H38O. The highest BCUT2D eigenvalue weighted by Crippen LogP contribution is 2.25. The number of unbranched alkanes of at least 4 members (excludes halogenated alkanes) is 10. The summed E-state index contributed by atoms with van der Waals surface area (Å²) in [6, 6.07) is 6.09. The quantitative estimate of drug-likeness (QED) is 0.360. The van der Waals surface area contributed by atoms with Gasteiger partial charge in [0, 0.05) is 0 Å². The molecule has 0 saturated heterocycles. The van der Waals surface area contributed by atoms with Crippen molar-refractivity contribution < 1.29 is 5.11 Å². The van der Waals surface area contributed by atoms with Crippen LogP contribution >= 0.6 is 0 Å². The van der Waals surface area contributed by atoms with Gasteiger partial charge in [-0.15, -0.1) is 0 Å². The Kier molecular flexibility index (Phi) is 11.7. The Balaban J connectivity index is 2.33. The van der Waals surface area contributed by atoms with Crippen molar-refractivity contribution in [3.8, 4) is 5.75 Å². The first kappa shape index (κ1) is 20.1. The highest BCUT2D eigenvalue weighted by Gasteiger charge is 2.07. The zero-order valence-corrected chi connectivity index (χ0v) is 15.6. The van der Waals surface area contributed by atoms with E-state index in [0.717, 1.165) is 12.8 Å². The molecule has 0 saturated carbocycles. The van der Waals surface area contributed by atoms with E-state index in [4.69, 9.17) is 0 Å². The monoisotopic (exact) mass is 318 g/mol. The van der Waals surface area contributed by atoms with Crippen LogP contribution in [0.25, 0.3) is 0 Å². The predicted molar refractivity (Wildman–Crippen MR) is 102 cm³/mol. The van der Waals surface area contributed by atoms with Crippen molar-refractivity contribution >= 4 is 0 Å². The van der Waals surface area contributed by atoms with Crippen molar-refractivity contribution in [1.82, 2.24) is 0 Å². The van der Waals surface area contributed by atoms with Gasteiger partial charge in [0.15, 0.2) is 0 Å². The van der Waals surface area contributed by atoms with E-state index in [9.17, 15) is 5.11 Å². The first-order valence-corrected chi connectivity index (χ1v) is 10.1. The summed E-state index contributed by atoms with van der Waals surface area (Å²) < 4.78 is 0. The Labute approximate surface area is 144 Å². The van der Waals surface area contributed by atoms with E-state index in [-0.39, 0.29) is 0 Å². The Morgan fingerprint density at radius 3 is 1.78 bits per heavy atom. The van der Waals surface area contributed by atoms with Crippen molar-refractivity contribution in [3.63, 3.8) is 0 Å². The summed E-state index contributed by atoms with van der Waals surface area (Å²) in [4.78, 5) is 0. The molecule has 0 aliphatic rings. The molecule has 0 spiro atoms. The molecule has 132 valence electrons. The van der Waals surface area contributed by atoms with Crippen LogP contribution in [0.1, 0.15) is 102 Å². The molecule has 1 N–H and O–H groups in total. The lowest BCUT2D eigenvalue weighted by molar-refractivity contribution is 0.464. The average Bonchev–Trinajstić information content (AvgIpc) is 2.56. The van der Waals surface area contributed by atoms with E-state index < -0.39 is 0 Å². The van der Waals surface area contributed by atoms with Gasteiger partial charge in [-0.2, -0.15) is 0 Å². The molecule has 0 aromatic heterocycles. The Hall–Kier alpha value is -0.980. The van der Waals surface area contributed by atoms with E-state index in [1.807, 2.05) is 12.1 Å². The molecule has 1 aromatic carbocycles. The SMILES string of the molecule is CCCCCCCCc1cccc(O)c1CCCCCCCC. The summed E-state index contributed by atoms with van der Waals surface area (Å²) in [5.41, 5.74) is 2.60. The summed E-state index contributed by atoms with van der Waals surface area (Å²) >= 11 is 0. The number of hydrogen-bond donors (Lipinski definition) is 1. The maximum absolute atomic E-state index is 10.2. The first-order valence-electron chi connectivity index (χ1n) is 10.1. The Morgan fingerprint density at radius 2 is 1.17 bits per heavy atom. The van der Waals surface area contributed by atoms with E-state index in [1.54, 1.807) is 0 Å². The lowest BCUT2D eigenvalue weighted by Gasteiger charge is -2.12. The molecule has 0 radical (unpaired) electrons. The van der Waals surface area contributed by atoms with Crippen LogP contribution in [0.2, 0.25) is 0 Å². The fraction of sp³-hybridized carbons (Fsp3) is 0.727. The van der Waals surface area contributed by atoms with Crippen LogP contribution in [-0.2, 0) is 12.8 Å². The zero-order chi connectivity index (χ0) is 16.8. The maximum atomic E-state index is 10.2. The third-order valence-electron chi connectivity index (χ3n) is 4.83. The molecule has 0 fully saturated rings. The number of aryl methyl sites for hydroxylation is 1. The van der Waals surface area contributed by atoms with E-state index in [1.165, 1.54) is 88.2 Å². The van der Waals surface area contributed by atoms with Gasteiger partial charge >= 0.3 is 0 Å². The lowest BCUT2D eigenvalue weighted by atomic mass is 9.95. The van der Waals surface area contributed by atoms with Crippen molar-refractivity contribution in [1.29, 1.82) is 0 Å². The lowest BCUT2D eigenvalue weighted by Crippen LogP contribution is -1.96. The molecule has 1 rings (SSSR count). The Bertz CT molecular complexity index is 397. The summed E-state index contributed by atoms with van der Waals surface area (Å²) in [5, 5.41) is 10.2. The molecule has 1 heteroatoms. The van der Waals surface area contributed by atoms with Crippen molar-refractivity contribution in [2.24, 2.45) is 0 Å². The number of rotatable bonds is 14. The van der Waals surface area contributed by atoms with E-state index in [0.29, 0.717) is 5.75 Å². The highest BCUT2D eigenvalue weighted by atomic mass is 16.3. The van der Waals surface area contributed by atoms with Crippen LogP contribution < -0.4 is 0 Å². The minimum atomic E-state index is 0.516. The number of hydrogen-bond acceptors (Lipinski definition) is 1. The number of aromatic hydroxyl groups is 1. The van der Waals surface area contributed by atoms with Gasteiger partial charge < -0.3 is 5.11 Å². The first-order chi connectivity index (χ1) is 11.3. The Morgan fingerprint density at radius 1 is 0.652 bits per heavy atom. The van der Waals surface area contributed by atoms with Crippen LogP contribution in [0.5, 0.6) is 5.75 Å². The van der Waals surface area contributed by atoms with Crippen molar-refractivity contribution in [3.05, 3.63) is 29.3 Å². The molecule has 0 unspecified atom stereocenters. The molecule has 0 amide bonds.